The molecule has 0 amide bonds. The van der Waals surface area contributed by atoms with Crippen LogP contribution in [-0.2, 0) is 0 Å². The molecule has 106 valence electrons. The van der Waals surface area contributed by atoms with E-state index in [1.165, 1.54) is 22.3 Å². The Hall–Kier alpha value is -0.830. The number of hydrogen-bond acceptors (Lipinski definition) is 1. The maximum atomic E-state index is 6.16. The molecule has 20 heavy (non-hydrogen) atoms. The molecule has 0 aromatic heterocycles. The fourth-order valence-electron chi connectivity index (χ4n) is 2.29. The van der Waals surface area contributed by atoms with Gasteiger partial charge in [-0.15, -0.1) is 0 Å². The molecule has 3 heteroatoms. The third-order valence-electron chi connectivity index (χ3n) is 3.54. The molecule has 0 aliphatic heterocycles. The first-order valence-electron chi connectivity index (χ1n) is 6.78. The largest absolute Gasteiger partial charge is 0.306 e. The second-order valence-corrected chi connectivity index (χ2v) is 6.29. The van der Waals surface area contributed by atoms with Gasteiger partial charge in [-0.2, -0.15) is 0 Å². The monoisotopic (exact) mass is 351 g/mol. The molecule has 0 fully saturated rings. The zero-order chi connectivity index (χ0) is 14.7. The van der Waals surface area contributed by atoms with Gasteiger partial charge in [0.15, 0.2) is 0 Å². The molecule has 2 aromatic carbocycles. The first-order chi connectivity index (χ1) is 9.52. The lowest BCUT2D eigenvalue weighted by atomic mass is 9.95. The van der Waals surface area contributed by atoms with E-state index in [1.54, 1.807) is 0 Å². The van der Waals surface area contributed by atoms with Gasteiger partial charge in [-0.25, -0.2) is 0 Å². The van der Waals surface area contributed by atoms with Crippen LogP contribution in [0.5, 0.6) is 0 Å². The molecular formula is C17H19BrClN. The van der Waals surface area contributed by atoms with E-state index in [4.69, 9.17) is 11.6 Å². The van der Waals surface area contributed by atoms with Gasteiger partial charge in [-0.3, -0.25) is 0 Å². The van der Waals surface area contributed by atoms with Gasteiger partial charge in [0.1, 0.15) is 0 Å². The third kappa shape index (κ3) is 3.43. The lowest BCUT2D eigenvalue weighted by molar-refractivity contribution is 0.628. The molecule has 0 radical (unpaired) electrons. The summed E-state index contributed by atoms with van der Waals surface area (Å²) in [7, 11) is 0. The van der Waals surface area contributed by atoms with Crippen LogP contribution in [0.3, 0.4) is 0 Å². The van der Waals surface area contributed by atoms with Crippen LogP contribution >= 0.6 is 27.5 Å². The van der Waals surface area contributed by atoms with Gasteiger partial charge in [0.2, 0.25) is 0 Å². The normalized spacial score (nSPS) is 12.4. The minimum absolute atomic E-state index is 0.146. The van der Waals surface area contributed by atoms with Crippen molar-refractivity contribution in [2.75, 3.05) is 6.54 Å². The zero-order valence-corrected chi connectivity index (χ0v) is 14.3. The van der Waals surface area contributed by atoms with E-state index < -0.39 is 0 Å². The molecule has 1 unspecified atom stereocenters. The van der Waals surface area contributed by atoms with E-state index in [2.05, 4.69) is 60.2 Å². The van der Waals surface area contributed by atoms with Crippen LogP contribution in [0.1, 0.15) is 35.2 Å². The molecule has 0 heterocycles. The summed E-state index contributed by atoms with van der Waals surface area (Å²) in [6, 6.07) is 12.7. The average Bonchev–Trinajstić information content (AvgIpc) is 2.42. The number of benzene rings is 2. The maximum Gasteiger partial charge on any atom is 0.0588 e. The first-order valence-corrected chi connectivity index (χ1v) is 7.95. The van der Waals surface area contributed by atoms with E-state index in [1.807, 2.05) is 18.2 Å². The SMILES string of the molecule is CCNC(c1ccc(C)c(C)c1)c1cc(Cl)ccc1Br. The van der Waals surface area contributed by atoms with Gasteiger partial charge in [-0.05, 0) is 60.8 Å². The first kappa shape index (κ1) is 15.6. The zero-order valence-electron chi connectivity index (χ0n) is 12.0. The highest BCUT2D eigenvalue weighted by atomic mass is 79.9. The smallest absolute Gasteiger partial charge is 0.0588 e. The highest BCUT2D eigenvalue weighted by Gasteiger charge is 2.16. The summed E-state index contributed by atoms with van der Waals surface area (Å²) in [5, 5.41) is 4.30. The standard InChI is InChI=1S/C17H19BrClN/c1-4-20-17(13-6-5-11(2)12(3)9-13)15-10-14(19)7-8-16(15)18/h5-10,17,20H,4H2,1-3H3. The predicted molar refractivity (Wildman–Crippen MR) is 90.6 cm³/mol. The van der Waals surface area contributed by atoms with Crippen molar-refractivity contribution >= 4 is 27.5 Å². The van der Waals surface area contributed by atoms with Crippen molar-refractivity contribution in [3.05, 3.63) is 68.1 Å². The highest BCUT2D eigenvalue weighted by Crippen LogP contribution is 2.31. The quantitative estimate of drug-likeness (QED) is 0.775. The topological polar surface area (TPSA) is 12.0 Å². The Morgan fingerprint density at radius 1 is 1.10 bits per heavy atom. The molecule has 0 aliphatic carbocycles. The second-order valence-electron chi connectivity index (χ2n) is 5.00. The predicted octanol–water partition coefficient (Wildman–Crippen LogP) is 5.42. The van der Waals surface area contributed by atoms with Crippen LogP contribution in [0.15, 0.2) is 40.9 Å². The summed E-state index contributed by atoms with van der Waals surface area (Å²) in [5.41, 5.74) is 5.05. The summed E-state index contributed by atoms with van der Waals surface area (Å²) < 4.78 is 1.08. The molecular weight excluding hydrogens is 334 g/mol. The fraction of sp³-hybridized carbons (Fsp3) is 0.294. The van der Waals surface area contributed by atoms with E-state index in [0.29, 0.717) is 0 Å². The molecule has 0 bridgehead atoms. The van der Waals surface area contributed by atoms with E-state index >= 15 is 0 Å². The summed E-state index contributed by atoms with van der Waals surface area (Å²) in [4.78, 5) is 0. The molecule has 2 rings (SSSR count). The van der Waals surface area contributed by atoms with Crippen LogP contribution < -0.4 is 5.32 Å². The molecule has 0 saturated carbocycles. The van der Waals surface area contributed by atoms with Crippen LogP contribution in [0.4, 0.5) is 0 Å². The lowest BCUT2D eigenvalue weighted by Crippen LogP contribution is -2.22. The van der Waals surface area contributed by atoms with E-state index in [0.717, 1.165) is 16.0 Å². The van der Waals surface area contributed by atoms with Crippen molar-refractivity contribution in [1.82, 2.24) is 5.32 Å². The van der Waals surface area contributed by atoms with Crippen LogP contribution in [0.2, 0.25) is 5.02 Å². The number of aryl methyl sites for hydroxylation is 2. The second kappa shape index (κ2) is 6.75. The van der Waals surface area contributed by atoms with Crippen molar-refractivity contribution in [3.8, 4) is 0 Å². The number of rotatable bonds is 4. The molecule has 1 nitrogen and oxygen atoms in total. The number of nitrogens with one attached hydrogen (secondary N) is 1. The molecule has 1 N–H and O–H groups in total. The van der Waals surface area contributed by atoms with Gasteiger partial charge < -0.3 is 5.32 Å². The molecule has 2 aromatic rings. The van der Waals surface area contributed by atoms with E-state index in [9.17, 15) is 0 Å². The van der Waals surface area contributed by atoms with Gasteiger partial charge in [0.25, 0.3) is 0 Å². The van der Waals surface area contributed by atoms with Crippen molar-refractivity contribution in [2.24, 2.45) is 0 Å². The molecule has 0 spiro atoms. The summed E-state index contributed by atoms with van der Waals surface area (Å²) in [5.74, 6) is 0. The Labute approximate surface area is 134 Å². The summed E-state index contributed by atoms with van der Waals surface area (Å²) in [6.07, 6.45) is 0. The van der Waals surface area contributed by atoms with Gasteiger partial charge in [-0.1, -0.05) is 52.7 Å². The van der Waals surface area contributed by atoms with E-state index in [-0.39, 0.29) is 6.04 Å². The summed E-state index contributed by atoms with van der Waals surface area (Å²) in [6.45, 7) is 7.30. The number of hydrogen-bond donors (Lipinski definition) is 1. The van der Waals surface area contributed by atoms with Crippen LogP contribution in [0, 0.1) is 13.8 Å². The van der Waals surface area contributed by atoms with Crippen molar-refractivity contribution in [1.29, 1.82) is 0 Å². The molecule has 0 saturated heterocycles. The Morgan fingerprint density at radius 3 is 2.50 bits per heavy atom. The molecule has 1 atom stereocenters. The van der Waals surface area contributed by atoms with Crippen molar-refractivity contribution < 1.29 is 0 Å². The number of halogens is 2. The highest BCUT2D eigenvalue weighted by molar-refractivity contribution is 9.10. The third-order valence-corrected chi connectivity index (χ3v) is 4.50. The van der Waals surface area contributed by atoms with Crippen LogP contribution in [-0.4, -0.2) is 6.54 Å². The lowest BCUT2D eigenvalue weighted by Gasteiger charge is -2.21. The summed E-state index contributed by atoms with van der Waals surface area (Å²) >= 11 is 9.79. The Balaban J connectivity index is 2.49. The Morgan fingerprint density at radius 2 is 1.85 bits per heavy atom. The Bertz CT molecular complexity index is 610. The maximum absolute atomic E-state index is 6.16. The average molecular weight is 353 g/mol. The minimum atomic E-state index is 0.146. The van der Waals surface area contributed by atoms with Crippen molar-refractivity contribution in [2.45, 2.75) is 26.8 Å². The van der Waals surface area contributed by atoms with Crippen molar-refractivity contribution in [3.63, 3.8) is 0 Å². The van der Waals surface area contributed by atoms with Gasteiger partial charge in [0.05, 0.1) is 6.04 Å². The Kier molecular flexibility index (Phi) is 5.25. The fourth-order valence-corrected chi connectivity index (χ4v) is 2.95. The van der Waals surface area contributed by atoms with Gasteiger partial charge in [0, 0.05) is 9.50 Å². The minimum Gasteiger partial charge on any atom is -0.306 e. The molecule has 0 aliphatic rings. The van der Waals surface area contributed by atoms with Gasteiger partial charge >= 0.3 is 0 Å². The van der Waals surface area contributed by atoms with Crippen LogP contribution in [0.25, 0.3) is 0 Å².